The molecule has 0 saturated carbocycles. The molecule has 19 heteroatoms. The fourth-order valence-corrected chi connectivity index (χ4v) is 12.2. The Labute approximate surface area is 549 Å². The van der Waals surface area contributed by atoms with Gasteiger partial charge in [0.05, 0.1) is 26.4 Å². The summed E-state index contributed by atoms with van der Waals surface area (Å²) in [5, 5.41) is 10.6. The highest BCUT2D eigenvalue weighted by Gasteiger charge is 2.30. The van der Waals surface area contributed by atoms with Crippen LogP contribution in [0.15, 0.2) is 0 Å². The van der Waals surface area contributed by atoms with Gasteiger partial charge in [-0.25, -0.2) is 9.13 Å². The van der Waals surface area contributed by atoms with Crippen LogP contribution in [0.1, 0.15) is 357 Å². The van der Waals surface area contributed by atoms with E-state index in [9.17, 15) is 43.2 Å². The quantitative estimate of drug-likeness (QED) is 0.0222. The molecule has 0 rings (SSSR count). The number of carbonyl (C=O) groups excluding carboxylic acids is 4. The molecule has 0 aromatic rings. The lowest BCUT2D eigenvalue weighted by atomic mass is 9.99. The van der Waals surface area contributed by atoms with Crippen LogP contribution < -0.4 is 0 Å². The van der Waals surface area contributed by atoms with Gasteiger partial charge < -0.3 is 33.8 Å². The zero-order chi connectivity index (χ0) is 66.6. The van der Waals surface area contributed by atoms with Gasteiger partial charge in [0.15, 0.2) is 12.2 Å². The molecule has 0 aliphatic heterocycles. The number of ether oxygens (including phenoxy) is 4. The van der Waals surface area contributed by atoms with Crippen molar-refractivity contribution in [3.8, 4) is 0 Å². The van der Waals surface area contributed by atoms with E-state index in [1.807, 2.05) is 0 Å². The van der Waals surface area contributed by atoms with E-state index in [0.29, 0.717) is 25.7 Å². The minimum absolute atomic E-state index is 0.103. The average molecular weight is 1330 g/mol. The number of carbonyl (C=O) groups is 4. The summed E-state index contributed by atoms with van der Waals surface area (Å²) >= 11 is 0. The minimum Gasteiger partial charge on any atom is -0.462 e. The van der Waals surface area contributed by atoms with Gasteiger partial charge in [0.2, 0.25) is 0 Å². The Morgan fingerprint density at radius 3 is 0.844 bits per heavy atom. The molecule has 534 valence electrons. The number of phosphoric acid groups is 2. The molecule has 0 bridgehead atoms. The van der Waals surface area contributed by atoms with E-state index < -0.39 is 97.5 Å². The molecule has 0 fully saturated rings. The summed E-state index contributed by atoms with van der Waals surface area (Å²) in [6.07, 6.45) is 45.8. The summed E-state index contributed by atoms with van der Waals surface area (Å²) in [7, 11) is -9.90. The van der Waals surface area contributed by atoms with Gasteiger partial charge in [-0.2, -0.15) is 0 Å². The average Bonchev–Trinajstić information content (AvgIpc) is 3.14. The van der Waals surface area contributed by atoms with Crippen molar-refractivity contribution in [1.82, 2.24) is 0 Å². The first-order valence-corrected chi connectivity index (χ1v) is 39.9. The third-order valence-corrected chi connectivity index (χ3v) is 19.0. The number of hydrogen-bond acceptors (Lipinski definition) is 15. The van der Waals surface area contributed by atoms with Crippen LogP contribution >= 0.6 is 15.6 Å². The van der Waals surface area contributed by atoms with Gasteiger partial charge in [-0.1, -0.05) is 305 Å². The molecule has 0 radical (unpaired) electrons. The monoisotopic (exact) mass is 1320 g/mol. The zero-order valence-electron chi connectivity index (χ0n) is 58.6. The van der Waals surface area contributed by atoms with E-state index in [0.717, 1.165) is 108 Å². The van der Waals surface area contributed by atoms with Gasteiger partial charge in [-0.3, -0.25) is 37.3 Å². The summed E-state index contributed by atoms with van der Waals surface area (Å²) in [4.78, 5) is 72.5. The normalized spacial score (nSPS) is 14.8. The smallest absolute Gasteiger partial charge is 0.462 e. The summed E-state index contributed by atoms with van der Waals surface area (Å²) in [6.45, 7) is 11.8. The lowest BCUT2D eigenvalue weighted by molar-refractivity contribution is -0.161. The molecular weight excluding hydrogens is 1190 g/mol. The predicted octanol–water partition coefficient (Wildman–Crippen LogP) is 20.2. The Kier molecular flexibility index (Phi) is 60.6. The fourth-order valence-electron chi connectivity index (χ4n) is 10.7. The summed E-state index contributed by atoms with van der Waals surface area (Å²) in [6, 6.07) is 0. The molecule has 0 aliphatic rings. The van der Waals surface area contributed by atoms with Crippen molar-refractivity contribution < 1.29 is 80.2 Å². The molecule has 7 atom stereocenters. The van der Waals surface area contributed by atoms with Crippen molar-refractivity contribution in [2.45, 2.75) is 375 Å². The van der Waals surface area contributed by atoms with Crippen LogP contribution in [-0.4, -0.2) is 96.7 Å². The van der Waals surface area contributed by atoms with Crippen molar-refractivity contribution in [1.29, 1.82) is 0 Å². The van der Waals surface area contributed by atoms with Crippen molar-refractivity contribution >= 4 is 39.5 Å². The second-order valence-corrected chi connectivity index (χ2v) is 29.5. The first kappa shape index (κ1) is 88.1. The lowest BCUT2D eigenvalue weighted by Gasteiger charge is -2.21. The molecule has 0 spiro atoms. The maximum atomic E-state index is 13.0. The molecule has 0 aromatic carbocycles. The third-order valence-electron chi connectivity index (χ3n) is 17.1. The third kappa shape index (κ3) is 62.2. The SMILES string of the molecule is CCCCCCCCCCCCC(=O)OC[C@H](COP(=O)(O)OC[C@H](O)COP(=O)(O)OC[C@@H](COC(=O)CCCCCCCCCCC(C)CC)OC(=O)CCCCCCCCCCCCCCCCCC(C)C)OC(=O)CCCCCCCCC(C)CC. The van der Waals surface area contributed by atoms with E-state index in [1.165, 1.54) is 167 Å². The predicted molar refractivity (Wildman–Crippen MR) is 363 cm³/mol. The van der Waals surface area contributed by atoms with Crippen molar-refractivity contribution in [3.63, 3.8) is 0 Å². The van der Waals surface area contributed by atoms with E-state index in [1.54, 1.807) is 0 Å². The highest BCUT2D eigenvalue weighted by atomic mass is 31.2. The number of aliphatic hydroxyl groups is 1. The largest absolute Gasteiger partial charge is 0.472 e. The van der Waals surface area contributed by atoms with E-state index in [2.05, 4.69) is 48.5 Å². The van der Waals surface area contributed by atoms with Crippen molar-refractivity contribution in [2.24, 2.45) is 17.8 Å². The second-order valence-electron chi connectivity index (χ2n) is 26.6. The Hall–Kier alpha value is -1.94. The number of hydrogen-bond donors (Lipinski definition) is 3. The molecule has 0 heterocycles. The first-order valence-electron chi connectivity index (χ1n) is 36.9. The summed E-state index contributed by atoms with van der Waals surface area (Å²) in [5.41, 5.74) is 0. The molecule has 0 saturated heterocycles. The highest BCUT2D eigenvalue weighted by molar-refractivity contribution is 7.47. The van der Waals surface area contributed by atoms with Gasteiger partial charge >= 0.3 is 39.5 Å². The Balaban J connectivity index is 5.23. The Bertz CT molecular complexity index is 1770. The van der Waals surface area contributed by atoms with Crippen LogP contribution in [0.3, 0.4) is 0 Å². The van der Waals surface area contributed by atoms with Gasteiger partial charge in [0.1, 0.15) is 19.3 Å². The maximum absolute atomic E-state index is 13.0. The maximum Gasteiger partial charge on any atom is 0.472 e. The highest BCUT2D eigenvalue weighted by Crippen LogP contribution is 2.45. The second kappa shape index (κ2) is 61.9. The Morgan fingerprint density at radius 1 is 0.322 bits per heavy atom. The fraction of sp³-hybridized carbons (Fsp3) is 0.944. The molecule has 0 aliphatic carbocycles. The number of unbranched alkanes of at least 4 members (excludes halogenated alkanes) is 35. The number of rotatable bonds is 69. The summed E-state index contributed by atoms with van der Waals surface area (Å²) in [5.74, 6) is 0.172. The molecule has 0 amide bonds. The molecule has 0 aromatic heterocycles. The van der Waals surface area contributed by atoms with Crippen LogP contribution in [0, 0.1) is 17.8 Å². The Morgan fingerprint density at radius 2 is 0.567 bits per heavy atom. The molecule has 90 heavy (non-hydrogen) atoms. The lowest BCUT2D eigenvalue weighted by Crippen LogP contribution is -2.30. The zero-order valence-corrected chi connectivity index (χ0v) is 60.4. The first-order chi connectivity index (χ1) is 43.3. The van der Waals surface area contributed by atoms with Crippen molar-refractivity contribution in [2.75, 3.05) is 39.6 Å². The topological polar surface area (TPSA) is 237 Å². The van der Waals surface area contributed by atoms with Gasteiger partial charge in [-0.15, -0.1) is 0 Å². The molecule has 17 nitrogen and oxygen atoms in total. The van der Waals surface area contributed by atoms with Crippen LogP contribution in [0.4, 0.5) is 0 Å². The van der Waals surface area contributed by atoms with E-state index in [-0.39, 0.29) is 25.7 Å². The number of esters is 4. The van der Waals surface area contributed by atoms with Crippen LogP contribution in [-0.2, 0) is 65.4 Å². The van der Waals surface area contributed by atoms with Crippen LogP contribution in [0.2, 0.25) is 0 Å². The van der Waals surface area contributed by atoms with E-state index >= 15 is 0 Å². The molecular formula is C71H138O17P2. The van der Waals surface area contributed by atoms with Crippen LogP contribution in [0.5, 0.6) is 0 Å². The minimum atomic E-state index is -4.95. The van der Waals surface area contributed by atoms with Gasteiger partial charge in [0.25, 0.3) is 0 Å². The van der Waals surface area contributed by atoms with E-state index in [4.69, 9.17) is 37.0 Å². The van der Waals surface area contributed by atoms with Gasteiger partial charge in [-0.05, 0) is 43.4 Å². The van der Waals surface area contributed by atoms with Crippen LogP contribution in [0.25, 0.3) is 0 Å². The van der Waals surface area contributed by atoms with Crippen molar-refractivity contribution in [3.05, 3.63) is 0 Å². The summed E-state index contributed by atoms with van der Waals surface area (Å²) < 4.78 is 68.3. The molecule has 4 unspecified atom stereocenters. The number of aliphatic hydroxyl groups excluding tert-OH is 1. The molecule has 3 N–H and O–H groups in total. The van der Waals surface area contributed by atoms with Gasteiger partial charge in [0, 0.05) is 25.7 Å². The number of phosphoric ester groups is 2. The standard InChI is InChI=1S/C71H138O17P2/c1-8-11-12-13-14-15-24-30-38-45-52-68(73)81-59-67(88-71(76)55-48-41-34-33-37-44-51-64(7)10-3)61-86-90(79,80)84-57-65(72)56-83-89(77,78)85-60-66(58-82-69(74)53-46-39-31-27-26-29-36-43-50-63(6)9-2)87-70(75)54-47-40-32-25-22-20-18-16-17-19-21-23-28-35-42-49-62(4)5/h62-67,72H,8-61H2,1-7H3,(H,77,78)(H,79,80)/t63?,64?,65-,66-,67-/m1/s1.